The average Bonchev–Trinajstić information content (AvgIpc) is 2.03. The van der Waals surface area contributed by atoms with Crippen molar-refractivity contribution in [1.29, 1.82) is 5.26 Å². The summed E-state index contributed by atoms with van der Waals surface area (Å²) in [5, 5.41) is 12.2. The van der Waals surface area contributed by atoms with Gasteiger partial charge in [0.15, 0.2) is 0 Å². The highest BCUT2D eigenvalue weighted by Crippen LogP contribution is 2.25. The van der Waals surface area contributed by atoms with Gasteiger partial charge in [0.2, 0.25) is 0 Å². The third-order valence-corrected chi connectivity index (χ3v) is 3.01. The number of rotatable bonds is 5. The molecule has 2 nitrogen and oxygen atoms in total. The summed E-state index contributed by atoms with van der Waals surface area (Å²) in [5.74, 6) is 0.653. The molecule has 82 valence electrons. The van der Waals surface area contributed by atoms with Gasteiger partial charge in [0.05, 0.1) is 11.5 Å². The van der Waals surface area contributed by atoms with Crippen LogP contribution in [0.1, 0.15) is 41.5 Å². The van der Waals surface area contributed by atoms with E-state index in [0.717, 1.165) is 13.1 Å². The lowest BCUT2D eigenvalue weighted by Gasteiger charge is -2.30. The molecule has 0 aromatic rings. The van der Waals surface area contributed by atoms with Gasteiger partial charge in [0.25, 0.3) is 0 Å². The van der Waals surface area contributed by atoms with Gasteiger partial charge >= 0.3 is 0 Å². The van der Waals surface area contributed by atoms with E-state index in [1.807, 2.05) is 13.8 Å². The van der Waals surface area contributed by atoms with Gasteiger partial charge in [-0.15, -0.1) is 0 Å². The molecule has 0 saturated carbocycles. The molecule has 0 spiro atoms. The van der Waals surface area contributed by atoms with Crippen molar-refractivity contribution < 1.29 is 0 Å². The van der Waals surface area contributed by atoms with Crippen LogP contribution in [0.2, 0.25) is 0 Å². The molecule has 0 saturated heterocycles. The monoisotopic (exact) mass is 196 g/mol. The second kappa shape index (κ2) is 4.79. The van der Waals surface area contributed by atoms with Crippen LogP contribution >= 0.6 is 0 Å². The molecule has 0 heterocycles. The number of nitrogens with zero attached hydrogens (tertiary/aromatic N) is 1. The number of hydrogen-bond acceptors (Lipinski definition) is 2. The summed E-state index contributed by atoms with van der Waals surface area (Å²) in [5.41, 5.74) is 0.0403. The first kappa shape index (κ1) is 13.4. The van der Waals surface area contributed by atoms with Gasteiger partial charge < -0.3 is 5.32 Å². The van der Waals surface area contributed by atoms with E-state index in [4.69, 9.17) is 5.26 Å². The molecule has 0 radical (unpaired) electrons. The molecule has 0 fully saturated rings. The fourth-order valence-electron chi connectivity index (χ4n) is 0.941. The average molecular weight is 196 g/mol. The summed E-state index contributed by atoms with van der Waals surface area (Å²) in [6.07, 6.45) is 0. The minimum Gasteiger partial charge on any atom is -0.315 e. The minimum atomic E-state index is -0.257. The van der Waals surface area contributed by atoms with Gasteiger partial charge in [-0.05, 0) is 25.2 Å². The Bertz CT molecular complexity index is 209. The van der Waals surface area contributed by atoms with Crippen molar-refractivity contribution in [2.75, 3.05) is 13.1 Å². The maximum absolute atomic E-state index is 8.84. The van der Waals surface area contributed by atoms with Crippen LogP contribution in [0.4, 0.5) is 0 Å². The van der Waals surface area contributed by atoms with Crippen LogP contribution in [0.3, 0.4) is 0 Å². The molecule has 0 aromatic heterocycles. The summed E-state index contributed by atoms with van der Waals surface area (Å²) >= 11 is 0. The zero-order chi connectivity index (χ0) is 11.4. The molecular weight excluding hydrogens is 172 g/mol. The van der Waals surface area contributed by atoms with E-state index in [9.17, 15) is 0 Å². The van der Waals surface area contributed by atoms with E-state index in [2.05, 4.69) is 39.1 Å². The summed E-state index contributed by atoms with van der Waals surface area (Å²) in [4.78, 5) is 0. The first-order valence-corrected chi connectivity index (χ1v) is 5.33. The van der Waals surface area contributed by atoms with Gasteiger partial charge in [0.1, 0.15) is 0 Å². The standard InChI is InChI=1S/C12H24N2/c1-10(2)12(5,6)9-14-8-11(3,4)7-13/h10,14H,8-9H2,1-6H3. The summed E-state index contributed by atoms with van der Waals surface area (Å²) in [6.45, 7) is 14.6. The predicted octanol–water partition coefficient (Wildman–Crippen LogP) is 2.81. The Labute approximate surface area is 88.7 Å². The van der Waals surface area contributed by atoms with E-state index in [1.165, 1.54) is 0 Å². The molecule has 0 atom stereocenters. The lowest BCUT2D eigenvalue weighted by Crippen LogP contribution is -2.37. The lowest BCUT2D eigenvalue weighted by molar-refractivity contribution is 0.230. The fourth-order valence-corrected chi connectivity index (χ4v) is 0.941. The Morgan fingerprint density at radius 3 is 2.00 bits per heavy atom. The van der Waals surface area contributed by atoms with Crippen molar-refractivity contribution in [1.82, 2.24) is 5.32 Å². The minimum absolute atomic E-state index is 0.257. The van der Waals surface area contributed by atoms with Crippen molar-refractivity contribution >= 4 is 0 Å². The van der Waals surface area contributed by atoms with E-state index in [1.54, 1.807) is 0 Å². The summed E-state index contributed by atoms with van der Waals surface area (Å²) < 4.78 is 0. The van der Waals surface area contributed by atoms with Crippen molar-refractivity contribution in [2.45, 2.75) is 41.5 Å². The van der Waals surface area contributed by atoms with Gasteiger partial charge in [-0.1, -0.05) is 27.7 Å². The summed E-state index contributed by atoms with van der Waals surface area (Å²) in [7, 11) is 0. The van der Waals surface area contributed by atoms with Crippen LogP contribution in [0, 0.1) is 28.1 Å². The van der Waals surface area contributed by atoms with Crippen LogP contribution in [-0.4, -0.2) is 13.1 Å². The number of nitriles is 1. The highest BCUT2D eigenvalue weighted by atomic mass is 14.9. The largest absolute Gasteiger partial charge is 0.315 e. The summed E-state index contributed by atoms with van der Waals surface area (Å²) in [6, 6.07) is 2.29. The fraction of sp³-hybridized carbons (Fsp3) is 0.917. The quantitative estimate of drug-likeness (QED) is 0.734. The predicted molar refractivity (Wildman–Crippen MR) is 60.9 cm³/mol. The smallest absolute Gasteiger partial charge is 0.0697 e. The van der Waals surface area contributed by atoms with Gasteiger partial charge in [-0.3, -0.25) is 0 Å². The van der Waals surface area contributed by atoms with Gasteiger partial charge in [-0.2, -0.15) is 5.26 Å². The van der Waals surface area contributed by atoms with Crippen LogP contribution < -0.4 is 5.32 Å². The molecule has 0 amide bonds. The molecule has 0 rings (SSSR count). The zero-order valence-electron chi connectivity index (χ0n) is 10.4. The zero-order valence-corrected chi connectivity index (χ0v) is 10.4. The van der Waals surface area contributed by atoms with Crippen molar-refractivity contribution in [3.63, 3.8) is 0 Å². The van der Waals surface area contributed by atoms with Crippen LogP contribution in [-0.2, 0) is 0 Å². The molecule has 2 heteroatoms. The first-order valence-electron chi connectivity index (χ1n) is 5.33. The second-order valence-electron chi connectivity index (χ2n) is 5.74. The Morgan fingerprint density at radius 1 is 1.14 bits per heavy atom. The first-order chi connectivity index (χ1) is 6.21. The van der Waals surface area contributed by atoms with Crippen molar-refractivity contribution in [2.24, 2.45) is 16.7 Å². The van der Waals surface area contributed by atoms with E-state index in [0.29, 0.717) is 11.3 Å². The SMILES string of the molecule is CC(C)C(C)(C)CNCC(C)(C)C#N. The Balaban J connectivity index is 3.93. The van der Waals surface area contributed by atoms with Crippen LogP contribution in [0.25, 0.3) is 0 Å². The number of nitrogens with one attached hydrogen (secondary N) is 1. The van der Waals surface area contributed by atoms with Gasteiger partial charge in [0, 0.05) is 13.1 Å². The number of hydrogen-bond donors (Lipinski definition) is 1. The third kappa shape index (κ3) is 4.62. The van der Waals surface area contributed by atoms with Crippen LogP contribution in [0.15, 0.2) is 0 Å². The topological polar surface area (TPSA) is 35.8 Å². The molecule has 1 N–H and O–H groups in total. The molecule has 0 aliphatic rings. The van der Waals surface area contributed by atoms with Gasteiger partial charge in [-0.25, -0.2) is 0 Å². The molecule has 0 aromatic carbocycles. The Kier molecular flexibility index (Phi) is 4.61. The highest BCUT2D eigenvalue weighted by Gasteiger charge is 2.23. The Hall–Kier alpha value is -0.550. The van der Waals surface area contributed by atoms with Crippen molar-refractivity contribution in [3.8, 4) is 6.07 Å². The maximum atomic E-state index is 8.84. The van der Waals surface area contributed by atoms with E-state index >= 15 is 0 Å². The third-order valence-electron chi connectivity index (χ3n) is 3.01. The second-order valence-corrected chi connectivity index (χ2v) is 5.74. The van der Waals surface area contributed by atoms with E-state index < -0.39 is 0 Å². The van der Waals surface area contributed by atoms with Crippen molar-refractivity contribution in [3.05, 3.63) is 0 Å². The molecular formula is C12H24N2. The normalized spacial score (nSPS) is 13.0. The maximum Gasteiger partial charge on any atom is 0.0697 e. The molecule has 0 aliphatic carbocycles. The highest BCUT2D eigenvalue weighted by molar-refractivity contribution is 4.93. The Morgan fingerprint density at radius 2 is 1.64 bits per heavy atom. The molecule has 0 unspecified atom stereocenters. The lowest BCUT2D eigenvalue weighted by atomic mass is 9.81. The molecule has 0 aliphatic heterocycles. The van der Waals surface area contributed by atoms with Crippen LogP contribution in [0.5, 0.6) is 0 Å². The van der Waals surface area contributed by atoms with E-state index in [-0.39, 0.29) is 5.41 Å². The molecule has 14 heavy (non-hydrogen) atoms. The molecule has 0 bridgehead atoms.